The number of halogens is 1. The van der Waals surface area contributed by atoms with E-state index in [-0.39, 0.29) is 16.0 Å². The zero-order valence-electron chi connectivity index (χ0n) is 11.6. The van der Waals surface area contributed by atoms with Crippen molar-refractivity contribution in [2.75, 3.05) is 5.75 Å². The Hall–Kier alpha value is -1.18. The van der Waals surface area contributed by atoms with E-state index in [1.807, 2.05) is 19.9 Å². The summed E-state index contributed by atoms with van der Waals surface area (Å²) in [6.45, 7) is 3.89. The van der Waals surface area contributed by atoms with Gasteiger partial charge in [0, 0.05) is 4.90 Å². The molecule has 0 saturated heterocycles. The van der Waals surface area contributed by atoms with Crippen LogP contribution < -0.4 is 0 Å². The van der Waals surface area contributed by atoms with Crippen molar-refractivity contribution in [1.82, 2.24) is 0 Å². The normalized spacial score (nSPS) is 11.1. The highest BCUT2D eigenvalue weighted by atomic mass is 35.5. The van der Waals surface area contributed by atoms with Crippen LogP contribution in [-0.2, 0) is 0 Å². The van der Waals surface area contributed by atoms with E-state index in [2.05, 4.69) is 6.07 Å². The minimum Gasteiger partial charge on any atom is -0.478 e. The van der Waals surface area contributed by atoms with Gasteiger partial charge in [-0.05, 0) is 50.6 Å². The molecule has 1 aromatic carbocycles. The van der Waals surface area contributed by atoms with E-state index in [4.69, 9.17) is 22.0 Å². The highest BCUT2D eigenvalue weighted by Gasteiger charge is 2.15. The summed E-state index contributed by atoms with van der Waals surface area (Å²) < 4.78 is 0. The van der Waals surface area contributed by atoms with Gasteiger partial charge in [0.25, 0.3) is 0 Å². The van der Waals surface area contributed by atoms with Crippen LogP contribution in [0.3, 0.4) is 0 Å². The van der Waals surface area contributed by atoms with Gasteiger partial charge in [-0.25, -0.2) is 4.79 Å². The summed E-state index contributed by atoms with van der Waals surface area (Å²) >= 11 is 7.43. The van der Waals surface area contributed by atoms with E-state index < -0.39 is 5.97 Å². The number of aromatic carboxylic acids is 1. The summed E-state index contributed by atoms with van der Waals surface area (Å²) in [5, 5.41) is 18.2. The second-order valence-electron chi connectivity index (χ2n) is 5.25. The van der Waals surface area contributed by atoms with Crippen LogP contribution in [0, 0.1) is 16.7 Å². The van der Waals surface area contributed by atoms with E-state index in [1.165, 1.54) is 0 Å². The highest BCUT2D eigenvalue weighted by Crippen LogP contribution is 2.27. The largest absolute Gasteiger partial charge is 0.478 e. The molecule has 1 aromatic rings. The van der Waals surface area contributed by atoms with Crippen molar-refractivity contribution in [3.8, 4) is 6.07 Å². The van der Waals surface area contributed by atoms with Gasteiger partial charge in [0.05, 0.1) is 22.1 Å². The van der Waals surface area contributed by atoms with Gasteiger partial charge in [0.15, 0.2) is 0 Å². The topological polar surface area (TPSA) is 61.1 Å². The fourth-order valence-electron chi connectivity index (χ4n) is 1.67. The quantitative estimate of drug-likeness (QED) is 0.577. The first-order valence-corrected chi connectivity index (χ1v) is 7.79. The van der Waals surface area contributed by atoms with Gasteiger partial charge in [-0.2, -0.15) is 5.26 Å². The van der Waals surface area contributed by atoms with Gasteiger partial charge in [-0.1, -0.05) is 18.0 Å². The number of nitriles is 1. The van der Waals surface area contributed by atoms with Crippen LogP contribution in [0.4, 0.5) is 0 Å². The fourth-order valence-corrected chi connectivity index (χ4v) is 2.82. The Balaban J connectivity index is 2.42. The summed E-state index contributed by atoms with van der Waals surface area (Å²) in [6.07, 6.45) is 2.87. The minimum absolute atomic E-state index is 0.141. The molecule has 0 fully saturated rings. The molecule has 0 atom stereocenters. The number of nitrogens with zero attached hydrogens (tertiary/aromatic N) is 1. The summed E-state index contributed by atoms with van der Waals surface area (Å²) in [5.74, 6) is -0.101. The Morgan fingerprint density at radius 3 is 2.75 bits per heavy atom. The molecule has 108 valence electrons. The van der Waals surface area contributed by atoms with E-state index >= 15 is 0 Å². The Labute approximate surface area is 128 Å². The van der Waals surface area contributed by atoms with Crippen molar-refractivity contribution < 1.29 is 9.90 Å². The average molecular weight is 312 g/mol. The van der Waals surface area contributed by atoms with Gasteiger partial charge in [0.2, 0.25) is 0 Å². The van der Waals surface area contributed by atoms with E-state index in [0.29, 0.717) is 0 Å². The van der Waals surface area contributed by atoms with Crippen LogP contribution in [-0.4, -0.2) is 16.8 Å². The van der Waals surface area contributed by atoms with Gasteiger partial charge in [-0.15, -0.1) is 11.8 Å². The number of benzene rings is 1. The Morgan fingerprint density at radius 2 is 2.15 bits per heavy atom. The number of carbonyl (C=O) groups is 1. The van der Waals surface area contributed by atoms with Gasteiger partial charge in [0.1, 0.15) is 0 Å². The predicted molar refractivity (Wildman–Crippen MR) is 82.4 cm³/mol. The van der Waals surface area contributed by atoms with Crippen molar-refractivity contribution in [3.05, 3.63) is 28.8 Å². The zero-order chi connectivity index (χ0) is 15.2. The Kier molecular flexibility index (Phi) is 6.38. The average Bonchev–Trinajstić information content (AvgIpc) is 2.39. The highest BCUT2D eigenvalue weighted by molar-refractivity contribution is 7.99. The maximum absolute atomic E-state index is 11.0. The van der Waals surface area contributed by atoms with Crippen molar-refractivity contribution in [2.24, 2.45) is 5.41 Å². The van der Waals surface area contributed by atoms with Crippen molar-refractivity contribution >= 4 is 29.3 Å². The standard InChI is InChI=1S/C15H18ClNO2S/c1-15(2,10-17)7-3-4-8-20-11-5-6-13(16)12(9-11)14(18)19/h5-6,9H,3-4,7-8H2,1-2H3,(H,18,19). The maximum Gasteiger partial charge on any atom is 0.337 e. The molecule has 0 aliphatic heterocycles. The molecule has 3 nitrogen and oxygen atoms in total. The Morgan fingerprint density at radius 1 is 1.45 bits per heavy atom. The molecule has 5 heteroatoms. The number of rotatable bonds is 7. The number of hydrogen-bond donors (Lipinski definition) is 1. The van der Waals surface area contributed by atoms with Gasteiger partial charge >= 0.3 is 5.97 Å². The van der Waals surface area contributed by atoms with E-state index in [0.717, 1.165) is 29.9 Å². The van der Waals surface area contributed by atoms with Crippen molar-refractivity contribution in [1.29, 1.82) is 5.26 Å². The molecule has 0 aliphatic rings. The predicted octanol–water partition coefficient (Wildman–Crippen LogP) is 4.85. The lowest BCUT2D eigenvalue weighted by Crippen LogP contribution is -2.07. The summed E-state index contributed by atoms with van der Waals surface area (Å²) in [6, 6.07) is 7.34. The molecule has 0 radical (unpaired) electrons. The Bertz CT molecular complexity index is 523. The molecule has 0 heterocycles. The van der Waals surface area contributed by atoms with E-state index in [1.54, 1.807) is 23.9 Å². The second-order valence-corrected chi connectivity index (χ2v) is 6.82. The third-order valence-corrected chi connectivity index (χ3v) is 4.35. The summed E-state index contributed by atoms with van der Waals surface area (Å²) in [4.78, 5) is 11.9. The second kappa shape index (κ2) is 7.56. The molecule has 0 unspecified atom stereocenters. The minimum atomic E-state index is -1.01. The molecule has 0 spiro atoms. The molecule has 1 N–H and O–H groups in total. The maximum atomic E-state index is 11.0. The fraction of sp³-hybridized carbons (Fsp3) is 0.467. The number of carboxylic acid groups (broad SMARTS) is 1. The van der Waals surface area contributed by atoms with Crippen LogP contribution in [0.25, 0.3) is 0 Å². The molecular formula is C15H18ClNO2S. The SMILES string of the molecule is CC(C)(C#N)CCCCSc1ccc(Cl)c(C(=O)O)c1. The summed E-state index contributed by atoms with van der Waals surface area (Å²) in [7, 11) is 0. The first-order valence-electron chi connectivity index (χ1n) is 6.42. The first-order chi connectivity index (χ1) is 9.35. The molecule has 20 heavy (non-hydrogen) atoms. The monoisotopic (exact) mass is 311 g/mol. The lowest BCUT2D eigenvalue weighted by molar-refractivity contribution is 0.0697. The smallest absolute Gasteiger partial charge is 0.337 e. The van der Waals surface area contributed by atoms with Crippen LogP contribution in [0.1, 0.15) is 43.5 Å². The number of unbranched alkanes of at least 4 members (excludes halogenated alkanes) is 1. The number of thioether (sulfide) groups is 1. The van der Waals surface area contributed by atoms with Crippen LogP contribution >= 0.6 is 23.4 Å². The van der Waals surface area contributed by atoms with E-state index in [9.17, 15) is 4.79 Å². The van der Waals surface area contributed by atoms with Crippen LogP contribution in [0.5, 0.6) is 0 Å². The van der Waals surface area contributed by atoms with Crippen molar-refractivity contribution in [2.45, 2.75) is 38.0 Å². The summed E-state index contributed by atoms with van der Waals surface area (Å²) in [5.41, 5.74) is -0.121. The number of carboxylic acids is 1. The third-order valence-electron chi connectivity index (χ3n) is 2.94. The molecule has 0 aliphatic carbocycles. The van der Waals surface area contributed by atoms with Gasteiger partial charge < -0.3 is 5.11 Å². The van der Waals surface area contributed by atoms with Crippen molar-refractivity contribution in [3.63, 3.8) is 0 Å². The molecule has 0 aromatic heterocycles. The number of hydrogen-bond acceptors (Lipinski definition) is 3. The molecule has 1 rings (SSSR count). The van der Waals surface area contributed by atoms with Crippen LogP contribution in [0.15, 0.2) is 23.1 Å². The molecule has 0 amide bonds. The van der Waals surface area contributed by atoms with Crippen LogP contribution in [0.2, 0.25) is 5.02 Å². The lowest BCUT2D eigenvalue weighted by atomic mass is 9.89. The first kappa shape index (κ1) is 16.9. The van der Waals surface area contributed by atoms with Gasteiger partial charge in [-0.3, -0.25) is 0 Å². The molecule has 0 saturated carbocycles. The zero-order valence-corrected chi connectivity index (χ0v) is 13.2. The lowest BCUT2D eigenvalue weighted by Gasteiger charge is -2.14. The third kappa shape index (κ3) is 5.44. The molecular weight excluding hydrogens is 294 g/mol. The molecule has 0 bridgehead atoms.